The van der Waals surface area contributed by atoms with E-state index in [0.29, 0.717) is 16.7 Å². The Balaban J connectivity index is 1.83. The molecule has 0 spiro atoms. The number of carbonyl (C=O) groups is 1. The minimum atomic E-state index is -0.0279. The van der Waals surface area contributed by atoms with Crippen LogP contribution < -0.4 is 5.32 Å². The van der Waals surface area contributed by atoms with Crippen LogP contribution in [0.15, 0.2) is 16.8 Å². The number of hydrogen-bond acceptors (Lipinski definition) is 3. The Labute approximate surface area is 131 Å². The standard InChI is InChI=1S/C17H26N2OS/c1-6-12-15(20)19(9-13-16(2,3)17(13,4)5)14(18-12)11-7-8-21-10-11/h7-8,10,12-14,18H,6,9H2,1-5H3. The second-order valence-electron chi connectivity index (χ2n) is 7.57. The third-order valence-corrected chi connectivity index (χ3v) is 6.92. The van der Waals surface area contributed by atoms with Crippen molar-refractivity contribution in [2.75, 3.05) is 6.54 Å². The smallest absolute Gasteiger partial charge is 0.241 e. The Kier molecular flexibility index (Phi) is 3.45. The molecule has 1 aromatic rings. The fraction of sp³-hybridized carbons (Fsp3) is 0.706. The minimum absolute atomic E-state index is 0.0279. The van der Waals surface area contributed by atoms with Gasteiger partial charge in [-0.15, -0.1) is 0 Å². The van der Waals surface area contributed by atoms with Gasteiger partial charge in [0.15, 0.2) is 0 Å². The predicted octanol–water partition coefficient (Wildman–Crippen LogP) is 3.64. The highest BCUT2D eigenvalue weighted by atomic mass is 32.1. The van der Waals surface area contributed by atoms with Crippen LogP contribution >= 0.6 is 11.3 Å². The van der Waals surface area contributed by atoms with Crippen molar-refractivity contribution in [3.05, 3.63) is 22.4 Å². The Bertz CT molecular complexity index is 521. The van der Waals surface area contributed by atoms with E-state index in [0.717, 1.165) is 13.0 Å². The van der Waals surface area contributed by atoms with E-state index in [2.05, 4.69) is 61.7 Å². The molecule has 4 heteroatoms. The highest BCUT2D eigenvalue weighted by Gasteiger charge is 2.65. The van der Waals surface area contributed by atoms with Crippen LogP contribution in [0.1, 0.15) is 52.8 Å². The van der Waals surface area contributed by atoms with Crippen molar-refractivity contribution in [2.45, 2.75) is 53.2 Å². The number of nitrogens with zero attached hydrogens (tertiary/aromatic N) is 1. The number of thiophene rings is 1. The lowest BCUT2D eigenvalue weighted by atomic mass is 10.0. The van der Waals surface area contributed by atoms with E-state index in [-0.39, 0.29) is 18.1 Å². The predicted molar refractivity (Wildman–Crippen MR) is 87.0 cm³/mol. The molecule has 1 aliphatic carbocycles. The molecule has 116 valence electrons. The summed E-state index contributed by atoms with van der Waals surface area (Å²) in [6.45, 7) is 12.2. The molecule has 1 aliphatic heterocycles. The van der Waals surface area contributed by atoms with Gasteiger partial charge in [0.1, 0.15) is 6.17 Å². The van der Waals surface area contributed by atoms with Gasteiger partial charge in [-0.05, 0) is 45.6 Å². The Morgan fingerprint density at radius 2 is 1.95 bits per heavy atom. The zero-order valence-corrected chi connectivity index (χ0v) is 14.5. The molecule has 3 nitrogen and oxygen atoms in total. The maximum atomic E-state index is 12.7. The summed E-state index contributed by atoms with van der Waals surface area (Å²) in [6, 6.07) is 2.10. The molecule has 1 saturated heterocycles. The van der Waals surface area contributed by atoms with Gasteiger partial charge in [0.05, 0.1) is 6.04 Å². The maximum absolute atomic E-state index is 12.7. The molecule has 2 unspecified atom stereocenters. The first-order valence-electron chi connectivity index (χ1n) is 7.89. The van der Waals surface area contributed by atoms with E-state index < -0.39 is 0 Å². The number of hydrogen-bond donors (Lipinski definition) is 1. The van der Waals surface area contributed by atoms with Gasteiger partial charge in [0.2, 0.25) is 5.91 Å². The van der Waals surface area contributed by atoms with E-state index in [1.807, 2.05) is 0 Å². The second kappa shape index (κ2) is 4.82. The molecule has 21 heavy (non-hydrogen) atoms. The molecule has 1 aromatic heterocycles. The molecule has 2 fully saturated rings. The molecule has 1 amide bonds. The fourth-order valence-electron chi connectivity index (χ4n) is 3.86. The zero-order chi connectivity index (χ0) is 15.4. The highest BCUT2D eigenvalue weighted by molar-refractivity contribution is 7.07. The largest absolute Gasteiger partial charge is 0.321 e. The van der Waals surface area contributed by atoms with Crippen molar-refractivity contribution in [1.82, 2.24) is 10.2 Å². The van der Waals surface area contributed by atoms with Gasteiger partial charge >= 0.3 is 0 Å². The molecule has 1 N–H and O–H groups in total. The highest BCUT2D eigenvalue weighted by Crippen LogP contribution is 2.68. The van der Waals surface area contributed by atoms with E-state index in [4.69, 9.17) is 0 Å². The van der Waals surface area contributed by atoms with E-state index >= 15 is 0 Å². The first-order chi connectivity index (χ1) is 9.80. The van der Waals surface area contributed by atoms with Crippen molar-refractivity contribution in [2.24, 2.45) is 16.7 Å². The normalized spacial score (nSPS) is 30.9. The van der Waals surface area contributed by atoms with E-state index in [1.165, 1.54) is 5.56 Å². The SMILES string of the molecule is CCC1NC(c2ccsc2)N(CC2C(C)(C)C2(C)C)C1=O. The van der Waals surface area contributed by atoms with Gasteiger partial charge < -0.3 is 4.90 Å². The van der Waals surface area contributed by atoms with Crippen LogP contribution in [0.25, 0.3) is 0 Å². The van der Waals surface area contributed by atoms with Crippen LogP contribution in [0.5, 0.6) is 0 Å². The van der Waals surface area contributed by atoms with Crippen molar-refractivity contribution < 1.29 is 4.79 Å². The van der Waals surface area contributed by atoms with Gasteiger partial charge in [0.25, 0.3) is 0 Å². The van der Waals surface area contributed by atoms with Gasteiger partial charge in [-0.25, -0.2) is 0 Å². The topological polar surface area (TPSA) is 32.3 Å². The molecular formula is C17H26N2OS. The van der Waals surface area contributed by atoms with Crippen LogP contribution in [0.3, 0.4) is 0 Å². The number of rotatable bonds is 4. The molecule has 0 bridgehead atoms. The number of carbonyl (C=O) groups excluding carboxylic acids is 1. The van der Waals surface area contributed by atoms with Crippen LogP contribution in [0, 0.1) is 16.7 Å². The van der Waals surface area contributed by atoms with Gasteiger partial charge in [-0.2, -0.15) is 11.3 Å². The van der Waals surface area contributed by atoms with Crippen LogP contribution in [-0.2, 0) is 4.79 Å². The van der Waals surface area contributed by atoms with Gasteiger partial charge in [0, 0.05) is 6.54 Å². The molecule has 2 aliphatic rings. The Hall–Kier alpha value is -0.870. The van der Waals surface area contributed by atoms with Crippen LogP contribution in [0.2, 0.25) is 0 Å². The molecule has 0 aromatic carbocycles. The maximum Gasteiger partial charge on any atom is 0.241 e. The van der Waals surface area contributed by atoms with Gasteiger partial charge in [-0.3, -0.25) is 10.1 Å². The number of nitrogens with one attached hydrogen (secondary N) is 1. The second-order valence-corrected chi connectivity index (χ2v) is 8.35. The summed E-state index contributed by atoms with van der Waals surface area (Å²) in [5.74, 6) is 0.847. The molecule has 3 rings (SSSR count). The summed E-state index contributed by atoms with van der Waals surface area (Å²) in [5, 5.41) is 7.75. The number of amides is 1. The molecule has 1 saturated carbocycles. The van der Waals surface area contributed by atoms with E-state index in [9.17, 15) is 4.79 Å². The van der Waals surface area contributed by atoms with Crippen LogP contribution in [-0.4, -0.2) is 23.4 Å². The average Bonchev–Trinajstić information content (AvgIpc) is 2.91. The molecular weight excluding hydrogens is 280 g/mol. The van der Waals surface area contributed by atoms with Crippen molar-refractivity contribution in [3.63, 3.8) is 0 Å². The summed E-state index contributed by atoms with van der Waals surface area (Å²) in [5.41, 5.74) is 1.86. The third-order valence-electron chi connectivity index (χ3n) is 6.22. The minimum Gasteiger partial charge on any atom is -0.321 e. The van der Waals surface area contributed by atoms with Crippen LogP contribution in [0.4, 0.5) is 0 Å². The summed E-state index contributed by atoms with van der Waals surface area (Å²) in [7, 11) is 0. The zero-order valence-electron chi connectivity index (χ0n) is 13.6. The van der Waals surface area contributed by atoms with Crippen molar-refractivity contribution in [3.8, 4) is 0 Å². The monoisotopic (exact) mass is 306 g/mol. The summed E-state index contributed by atoms with van der Waals surface area (Å²) in [4.78, 5) is 14.8. The summed E-state index contributed by atoms with van der Waals surface area (Å²) < 4.78 is 0. The quantitative estimate of drug-likeness (QED) is 0.921. The van der Waals surface area contributed by atoms with Crippen molar-refractivity contribution >= 4 is 17.2 Å². The molecule has 2 heterocycles. The first-order valence-corrected chi connectivity index (χ1v) is 8.83. The first kappa shape index (κ1) is 15.0. The summed E-state index contributed by atoms with van der Waals surface area (Å²) >= 11 is 1.69. The summed E-state index contributed by atoms with van der Waals surface area (Å²) in [6.07, 6.45) is 0.911. The van der Waals surface area contributed by atoms with E-state index in [1.54, 1.807) is 11.3 Å². The van der Waals surface area contributed by atoms with Gasteiger partial charge in [-0.1, -0.05) is 34.6 Å². The average molecular weight is 306 g/mol. The van der Waals surface area contributed by atoms with Crippen molar-refractivity contribution in [1.29, 1.82) is 0 Å². The fourth-order valence-corrected chi connectivity index (χ4v) is 4.54. The molecule has 2 atom stereocenters. The Morgan fingerprint density at radius 3 is 2.43 bits per heavy atom. The Morgan fingerprint density at radius 1 is 1.29 bits per heavy atom. The molecule has 0 radical (unpaired) electrons. The lowest BCUT2D eigenvalue weighted by Crippen LogP contribution is -2.33. The lowest BCUT2D eigenvalue weighted by Gasteiger charge is -2.24. The lowest BCUT2D eigenvalue weighted by molar-refractivity contribution is -0.130. The third kappa shape index (κ3) is 2.15.